The number of hydrogen-bond acceptors (Lipinski definition) is 3. The SMILES string of the molecule is Cc1ccc(CC(CN)CC(C)(C)OC(N)=O)cc1. The van der Waals surface area contributed by atoms with Gasteiger partial charge in [-0.3, -0.25) is 0 Å². The van der Waals surface area contributed by atoms with Crippen LogP contribution in [0, 0.1) is 12.8 Å². The molecule has 1 aromatic rings. The number of amides is 1. The molecule has 0 aliphatic heterocycles. The zero-order valence-corrected chi connectivity index (χ0v) is 12.0. The number of carbonyl (C=O) groups is 1. The molecule has 4 nitrogen and oxygen atoms in total. The van der Waals surface area contributed by atoms with Crippen LogP contribution in [-0.4, -0.2) is 18.2 Å². The van der Waals surface area contributed by atoms with Crippen molar-refractivity contribution in [1.82, 2.24) is 0 Å². The van der Waals surface area contributed by atoms with Crippen LogP contribution in [-0.2, 0) is 11.2 Å². The maximum absolute atomic E-state index is 10.8. The third-order valence-electron chi connectivity index (χ3n) is 3.14. The highest BCUT2D eigenvalue weighted by molar-refractivity contribution is 5.65. The van der Waals surface area contributed by atoms with E-state index in [1.807, 2.05) is 13.8 Å². The molecule has 0 saturated heterocycles. The van der Waals surface area contributed by atoms with Gasteiger partial charge in [-0.25, -0.2) is 4.79 Å². The summed E-state index contributed by atoms with van der Waals surface area (Å²) in [7, 11) is 0. The Morgan fingerprint density at radius 1 is 1.32 bits per heavy atom. The minimum Gasteiger partial charge on any atom is -0.444 e. The molecule has 0 radical (unpaired) electrons. The molecule has 1 amide bonds. The first-order valence-corrected chi connectivity index (χ1v) is 6.56. The number of primary amides is 1. The Bertz CT molecular complexity index is 413. The fourth-order valence-electron chi connectivity index (χ4n) is 2.31. The number of rotatable bonds is 6. The van der Waals surface area contributed by atoms with Gasteiger partial charge in [0.05, 0.1) is 0 Å². The molecular weight excluding hydrogens is 240 g/mol. The van der Waals surface area contributed by atoms with E-state index in [1.54, 1.807) is 0 Å². The van der Waals surface area contributed by atoms with Crippen LogP contribution in [0.5, 0.6) is 0 Å². The molecular formula is C15H24N2O2. The topological polar surface area (TPSA) is 78.3 Å². The number of hydrogen-bond donors (Lipinski definition) is 2. The first-order chi connectivity index (χ1) is 8.82. The van der Waals surface area contributed by atoms with E-state index >= 15 is 0 Å². The maximum atomic E-state index is 10.8. The molecule has 4 heteroatoms. The lowest BCUT2D eigenvalue weighted by atomic mass is 9.88. The second-order valence-corrected chi connectivity index (χ2v) is 5.68. The van der Waals surface area contributed by atoms with Gasteiger partial charge in [-0.05, 0) is 51.6 Å². The standard InChI is InChI=1S/C15H24N2O2/c1-11-4-6-12(7-5-11)8-13(10-16)9-15(2,3)19-14(17)18/h4-7,13H,8-10,16H2,1-3H3,(H2,17,18). The Labute approximate surface area is 115 Å². The molecule has 0 heterocycles. The Morgan fingerprint density at radius 3 is 2.37 bits per heavy atom. The number of carbonyl (C=O) groups excluding carboxylic acids is 1. The van der Waals surface area contributed by atoms with Crippen molar-refractivity contribution in [2.24, 2.45) is 17.4 Å². The quantitative estimate of drug-likeness (QED) is 0.828. The van der Waals surface area contributed by atoms with Crippen LogP contribution < -0.4 is 11.5 Å². The van der Waals surface area contributed by atoms with Crippen LogP contribution in [0.25, 0.3) is 0 Å². The van der Waals surface area contributed by atoms with Gasteiger partial charge >= 0.3 is 6.09 Å². The second kappa shape index (κ2) is 6.57. The Balaban J connectivity index is 2.63. The van der Waals surface area contributed by atoms with Crippen LogP contribution in [0.1, 0.15) is 31.4 Å². The Morgan fingerprint density at radius 2 is 1.89 bits per heavy atom. The van der Waals surface area contributed by atoms with E-state index in [0.717, 1.165) is 6.42 Å². The molecule has 0 aliphatic rings. The Hall–Kier alpha value is -1.55. The molecule has 0 aromatic heterocycles. The molecule has 0 bridgehead atoms. The van der Waals surface area contributed by atoms with Crippen molar-refractivity contribution >= 4 is 6.09 Å². The lowest BCUT2D eigenvalue weighted by Gasteiger charge is -2.28. The van der Waals surface area contributed by atoms with Gasteiger partial charge in [-0.1, -0.05) is 29.8 Å². The molecule has 1 rings (SSSR count). The summed E-state index contributed by atoms with van der Waals surface area (Å²) in [6.07, 6.45) is 0.832. The van der Waals surface area contributed by atoms with Crippen LogP contribution in [0.15, 0.2) is 24.3 Å². The van der Waals surface area contributed by atoms with Gasteiger partial charge < -0.3 is 16.2 Å². The van der Waals surface area contributed by atoms with Gasteiger partial charge in [-0.2, -0.15) is 0 Å². The van der Waals surface area contributed by atoms with E-state index in [9.17, 15) is 4.79 Å². The van der Waals surface area contributed by atoms with Crippen molar-refractivity contribution in [2.45, 2.75) is 39.2 Å². The van der Waals surface area contributed by atoms with Crippen molar-refractivity contribution in [3.63, 3.8) is 0 Å². The summed E-state index contributed by atoms with van der Waals surface area (Å²) >= 11 is 0. The molecule has 1 unspecified atom stereocenters. The monoisotopic (exact) mass is 264 g/mol. The minimum atomic E-state index is -0.740. The number of benzene rings is 1. The smallest absolute Gasteiger partial charge is 0.405 e. The first-order valence-electron chi connectivity index (χ1n) is 6.56. The van der Waals surface area contributed by atoms with Gasteiger partial charge in [0.25, 0.3) is 0 Å². The fourth-order valence-corrected chi connectivity index (χ4v) is 2.31. The van der Waals surface area contributed by atoms with Crippen molar-refractivity contribution in [3.8, 4) is 0 Å². The van der Waals surface area contributed by atoms with Gasteiger partial charge in [0.2, 0.25) is 0 Å². The summed E-state index contributed by atoms with van der Waals surface area (Å²) < 4.78 is 5.11. The molecule has 4 N–H and O–H groups in total. The number of nitrogens with two attached hydrogens (primary N) is 2. The highest BCUT2D eigenvalue weighted by atomic mass is 16.6. The van der Waals surface area contributed by atoms with E-state index in [4.69, 9.17) is 16.2 Å². The molecule has 0 saturated carbocycles. The third kappa shape index (κ3) is 5.75. The van der Waals surface area contributed by atoms with Crippen molar-refractivity contribution < 1.29 is 9.53 Å². The molecule has 1 aromatic carbocycles. The van der Waals surface area contributed by atoms with E-state index in [1.165, 1.54) is 11.1 Å². The largest absolute Gasteiger partial charge is 0.444 e. The minimum absolute atomic E-state index is 0.261. The lowest BCUT2D eigenvalue weighted by molar-refractivity contribution is 0.0273. The van der Waals surface area contributed by atoms with E-state index in [0.29, 0.717) is 13.0 Å². The van der Waals surface area contributed by atoms with Crippen LogP contribution in [0.4, 0.5) is 4.79 Å². The average Bonchev–Trinajstić information content (AvgIpc) is 2.29. The van der Waals surface area contributed by atoms with Gasteiger partial charge in [-0.15, -0.1) is 0 Å². The summed E-state index contributed by atoms with van der Waals surface area (Å²) in [6, 6.07) is 8.40. The fraction of sp³-hybridized carbons (Fsp3) is 0.533. The number of aryl methyl sites for hydroxylation is 1. The zero-order chi connectivity index (χ0) is 14.5. The van der Waals surface area contributed by atoms with Crippen molar-refractivity contribution in [3.05, 3.63) is 35.4 Å². The summed E-state index contributed by atoms with van der Waals surface area (Å²) in [5.74, 6) is 0.261. The van der Waals surface area contributed by atoms with Gasteiger partial charge in [0.1, 0.15) is 5.60 Å². The lowest BCUT2D eigenvalue weighted by Crippen LogP contribution is -2.35. The molecule has 106 valence electrons. The highest BCUT2D eigenvalue weighted by Crippen LogP contribution is 2.23. The summed E-state index contributed by atoms with van der Waals surface area (Å²) in [5.41, 5.74) is 12.8. The van der Waals surface area contributed by atoms with Crippen molar-refractivity contribution in [2.75, 3.05) is 6.54 Å². The summed E-state index contributed by atoms with van der Waals surface area (Å²) in [4.78, 5) is 10.8. The molecule has 0 aliphatic carbocycles. The third-order valence-corrected chi connectivity index (χ3v) is 3.14. The molecule has 0 fully saturated rings. The van der Waals surface area contributed by atoms with Crippen molar-refractivity contribution in [1.29, 1.82) is 0 Å². The highest BCUT2D eigenvalue weighted by Gasteiger charge is 2.26. The molecule has 1 atom stereocenters. The normalized spacial score (nSPS) is 13.1. The van der Waals surface area contributed by atoms with Crippen LogP contribution in [0.2, 0.25) is 0 Å². The van der Waals surface area contributed by atoms with E-state index in [-0.39, 0.29) is 5.92 Å². The Kier molecular flexibility index (Phi) is 5.36. The summed E-state index contributed by atoms with van der Waals surface area (Å²) in [5, 5.41) is 0. The zero-order valence-electron chi connectivity index (χ0n) is 12.0. The summed E-state index contributed by atoms with van der Waals surface area (Å²) in [6.45, 7) is 6.33. The predicted molar refractivity (Wildman–Crippen MR) is 76.8 cm³/mol. The van der Waals surface area contributed by atoms with Crippen LogP contribution in [0.3, 0.4) is 0 Å². The average molecular weight is 264 g/mol. The second-order valence-electron chi connectivity index (χ2n) is 5.68. The predicted octanol–water partition coefficient (Wildman–Crippen LogP) is 2.38. The molecule has 0 spiro atoms. The number of ether oxygens (including phenoxy) is 1. The van der Waals surface area contributed by atoms with Gasteiger partial charge in [0, 0.05) is 0 Å². The van der Waals surface area contributed by atoms with E-state index in [2.05, 4.69) is 31.2 Å². The van der Waals surface area contributed by atoms with Crippen LogP contribution >= 0.6 is 0 Å². The molecule has 19 heavy (non-hydrogen) atoms. The van der Waals surface area contributed by atoms with Gasteiger partial charge in [0.15, 0.2) is 0 Å². The van der Waals surface area contributed by atoms with E-state index < -0.39 is 11.7 Å². The first kappa shape index (κ1) is 15.5. The maximum Gasteiger partial charge on any atom is 0.405 e.